The van der Waals surface area contributed by atoms with Crippen LogP contribution in [0.2, 0.25) is 5.15 Å². The van der Waals surface area contributed by atoms with Gasteiger partial charge < -0.3 is 9.88 Å². The van der Waals surface area contributed by atoms with Crippen molar-refractivity contribution in [3.05, 3.63) is 59.1 Å². The van der Waals surface area contributed by atoms with E-state index in [9.17, 15) is 4.79 Å². The first kappa shape index (κ1) is 16.7. The average Bonchev–Trinajstić information content (AvgIpc) is 2.91. The maximum Gasteiger partial charge on any atom is 0.257 e. The molecule has 3 heterocycles. The zero-order valence-electron chi connectivity index (χ0n) is 14.2. The van der Waals surface area contributed by atoms with Gasteiger partial charge in [-0.15, -0.1) is 10.2 Å². The summed E-state index contributed by atoms with van der Waals surface area (Å²) in [5.41, 5.74) is 2.10. The number of halogens is 1. The Morgan fingerprint density at radius 1 is 1.12 bits per heavy atom. The van der Waals surface area contributed by atoms with Gasteiger partial charge in [0.2, 0.25) is 0 Å². The molecule has 0 radical (unpaired) electrons. The molecule has 0 bridgehead atoms. The van der Waals surface area contributed by atoms with Crippen LogP contribution in [-0.4, -0.2) is 25.7 Å². The molecule has 0 spiro atoms. The Bertz CT molecular complexity index is 935. The lowest BCUT2D eigenvalue weighted by atomic mass is 10.1. The van der Waals surface area contributed by atoms with Gasteiger partial charge in [0, 0.05) is 30.4 Å². The Balaban J connectivity index is 1.58. The molecule has 132 valence electrons. The van der Waals surface area contributed by atoms with Crippen LogP contribution in [0, 0.1) is 0 Å². The molecule has 0 atom stereocenters. The first-order valence-corrected chi connectivity index (χ1v) is 9.04. The van der Waals surface area contributed by atoms with Gasteiger partial charge in [0.1, 0.15) is 11.0 Å². The maximum absolute atomic E-state index is 12.4. The van der Waals surface area contributed by atoms with E-state index < -0.39 is 0 Å². The normalized spacial score (nSPS) is 13.7. The molecule has 3 aromatic rings. The number of nitrogens with zero attached hydrogens (tertiary/aromatic N) is 4. The Morgan fingerprint density at radius 3 is 2.88 bits per heavy atom. The van der Waals surface area contributed by atoms with Crippen molar-refractivity contribution in [3.8, 4) is 11.4 Å². The molecule has 4 rings (SSSR count). The number of pyridine rings is 1. The number of hydrogen-bond acceptors (Lipinski definition) is 4. The van der Waals surface area contributed by atoms with Crippen molar-refractivity contribution in [3.63, 3.8) is 0 Å². The zero-order chi connectivity index (χ0) is 17.9. The lowest BCUT2D eigenvalue weighted by Crippen LogP contribution is -2.12. The van der Waals surface area contributed by atoms with Crippen LogP contribution < -0.4 is 5.32 Å². The molecule has 26 heavy (non-hydrogen) atoms. The molecule has 1 amide bonds. The molecule has 1 aliphatic heterocycles. The summed E-state index contributed by atoms with van der Waals surface area (Å²) in [6.07, 6.45) is 5.93. The number of amides is 1. The number of hydrogen-bond donors (Lipinski definition) is 1. The monoisotopic (exact) mass is 367 g/mol. The highest BCUT2D eigenvalue weighted by Crippen LogP contribution is 2.25. The van der Waals surface area contributed by atoms with Crippen molar-refractivity contribution in [1.82, 2.24) is 19.7 Å². The van der Waals surface area contributed by atoms with Crippen LogP contribution in [0.4, 0.5) is 5.69 Å². The molecule has 1 aromatic carbocycles. The molecule has 7 heteroatoms. The van der Waals surface area contributed by atoms with Crippen molar-refractivity contribution in [2.75, 3.05) is 5.32 Å². The lowest BCUT2D eigenvalue weighted by molar-refractivity contribution is 0.102. The molecule has 1 N–H and O–H groups in total. The minimum Gasteiger partial charge on any atom is -0.322 e. The summed E-state index contributed by atoms with van der Waals surface area (Å²) in [6.45, 7) is 0.935. The molecule has 0 saturated carbocycles. The number of fused-ring (bicyclic) bond motifs is 1. The van der Waals surface area contributed by atoms with E-state index in [-0.39, 0.29) is 5.91 Å². The van der Waals surface area contributed by atoms with Gasteiger partial charge in [-0.1, -0.05) is 30.2 Å². The topological polar surface area (TPSA) is 72.7 Å². The number of aromatic nitrogens is 4. The van der Waals surface area contributed by atoms with Gasteiger partial charge in [-0.2, -0.15) is 0 Å². The van der Waals surface area contributed by atoms with Crippen LogP contribution in [-0.2, 0) is 13.0 Å². The van der Waals surface area contributed by atoms with E-state index in [4.69, 9.17) is 11.6 Å². The third kappa shape index (κ3) is 3.46. The third-order valence-corrected chi connectivity index (χ3v) is 4.70. The highest BCUT2D eigenvalue weighted by molar-refractivity contribution is 6.29. The molecule has 1 aliphatic rings. The SMILES string of the molecule is O=C(Nc1cccc(-c2nnc3n2CCCCC3)c1)c1ccc(Cl)nc1. The van der Waals surface area contributed by atoms with Crippen molar-refractivity contribution >= 4 is 23.2 Å². The fourth-order valence-electron chi connectivity index (χ4n) is 3.15. The largest absolute Gasteiger partial charge is 0.322 e. The molecule has 0 fully saturated rings. The predicted molar refractivity (Wildman–Crippen MR) is 100 cm³/mol. The van der Waals surface area contributed by atoms with E-state index >= 15 is 0 Å². The van der Waals surface area contributed by atoms with Crippen molar-refractivity contribution in [2.24, 2.45) is 0 Å². The fraction of sp³-hybridized carbons (Fsp3) is 0.263. The number of benzene rings is 1. The van der Waals surface area contributed by atoms with E-state index in [0.717, 1.165) is 43.0 Å². The summed E-state index contributed by atoms with van der Waals surface area (Å²) in [7, 11) is 0. The lowest BCUT2D eigenvalue weighted by Gasteiger charge is -2.09. The van der Waals surface area contributed by atoms with E-state index in [2.05, 4.69) is 25.1 Å². The molecule has 0 aliphatic carbocycles. The second-order valence-electron chi connectivity index (χ2n) is 6.31. The Kier molecular flexibility index (Phi) is 4.67. The van der Waals surface area contributed by atoms with Gasteiger partial charge >= 0.3 is 0 Å². The number of carbonyl (C=O) groups is 1. The van der Waals surface area contributed by atoms with Gasteiger partial charge in [-0.3, -0.25) is 4.79 Å². The predicted octanol–water partition coefficient (Wildman–Crippen LogP) is 3.97. The van der Waals surface area contributed by atoms with Gasteiger partial charge in [-0.05, 0) is 37.1 Å². The van der Waals surface area contributed by atoms with E-state index in [1.54, 1.807) is 12.1 Å². The van der Waals surface area contributed by atoms with Crippen molar-refractivity contribution in [1.29, 1.82) is 0 Å². The van der Waals surface area contributed by atoms with Crippen LogP contribution in [0.3, 0.4) is 0 Å². The van der Waals surface area contributed by atoms with Crippen LogP contribution in [0.1, 0.15) is 35.4 Å². The van der Waals surface area contributed by atoms with Gasteiger partial charge in [0.25, 0.3) is 5.91 Å². The van der Waals surface area contributed by atoms with Crippen LogP contribution in [0.5, 0.6) is 0 Å². The minimum atomic E-state index is -0.230. The Morgan fingerprint density at radius 2 is 2.04 bits per heavy atom. The maximum atomic E-state index is 12.4. The highest BCUT2D eigenvalue weighted by Gasteiger charge is 2.16. The second kappa shape index (κ2) is 7.25. The molecule has 0 unspecified atom stereocenters. The molecule has 0 saturated heterocycles. The van der Waals surface area contributed by atoms with Gasteiger partial charge in [-0.25, -0.2) is 4.98 Å². The number of nitrogens with one attached hydrogen (secondary N) is 1. The molecular weight excluding hydrogens is 350 g/mol. The van der Waals surface area contributed by atoms with Crippen LogP contribution >= 0.6 is 11.6 Å². The molecule has 2 aromatic heterocycles. The number of aryl methyl sites for hydroxylation is 1. The summed E-state index contributed by atoms with van der Waals surface area (Å²) in [5.74, 6) is 1.66. The van der Waals surface area contributed by atoms with Gasteiger partial charge in [0.15, 0.2) is 5.82 Å². The number of anilines is 1. The summed E-state index contributed by atoms with van der Waals surface area (Å²) in [5, 5.41) is 12.0. The number of carbonyl (C=O) groups excluding carboxylic acids is 1. The van der Waals surface area contributed by atoms with Gasteiger partial charge in [0.05, 0.1) is 5.56 Å². The van der Waals surface area contributed by atoms with Crippen molar-refractivity contribution < 1.29 is 4.79 Å². The molecule has 6 nitrogen and oxygen atoms in total. The minimum absolute atomic E-state index is 0.230. The van der Waals surface area contributed by atoms with Crippen molar-refractivity contribution in [2.45, 2.75) is 32.2 Å². The first-order chi connectivity index (χ1) is 12.7. The quantitative estimate of drug-likeness (QED) is 0.711. The first-order valence-electron chi connectivity index (χ1n) is 8.66. The Labute approximate surface area is 156 Å². The van der Waals surface area contributed by atoms with E-state index in [1.165, 1.54) is 12.6 Å². The Hall–Kier alpha value is -2.73. The standard InChI is InChI=1S/C19H18ClN5O/c20-16-9-8-14(12-21-16)19(26)22-15-6-4-5-13(11-15)18-24-23-17-7-2-1-3-10-25(17)18/h4-6,8-9,11-12H,1-3,7,10H2,(H,22,26). The highest BCUT2D eigenvalue weighted by atomic mass is 35.5. The smallest absolute Gasteiger partial charge is 0.257 e. The number of rotatable bonds is 3. The summed E-state index contributed by atoms with van der Waals surface area (Å²) in [4.78, 5) is 16.3. The van der Waals surface area contributed by atoms with E-state index in [1.807, 2.05) is 24.3 Å². The molecular formula is C19H18ClN5O. The van der Waals surface area contributed by atoms with Crippen LogP contribution in [0.25, 0.3) is 11.4 Å². The van der Waals surface area contributed by atoms with E-state index in [0.29, 0.717) is 16.4 Å². The second-order valence-corrected chi connectivity index (χ2v) is 6.69. The summed E-state index contributed by atoms with van der Waals surface area (Å²) in [6, 6.07) is 10.9. The average molecular weight is 368 g/mol. The third-order valence-electron chi connectivity index (χ3n) is 4.48. The summed E-state index contributed by atoms with van der Waals surface area (Å²) < 4.78 is 2.19. The summed E-state index contributed by atoms with van der Waals surface area (Å²) >= 11 is 5.77. The van der Waals surface area contributed by atoms with Crippen LogP contribution in [0.15, 0.2) is 42.6 Å². The fourth-order valence-corrected chi connectivity index (χ4v) is 3.26. The zero-order valence-corrected chi connectivity index (χ0v) is 14.9.